The van der Waals surface area contributed by atoms with Crippen LogP contribution in [0.2, 0.25) is 0 Å². The number of carbonyl (C=O) groups excluding carboxylic acids is 4. The number of carbonyl (C=O) groups is 4. The van der Waals surface area contributed by atoms with E-state index in [2.05, 4.69) is 20.9 Å². The van der Waals surface area contributed by atoms with Crippen LogP contribution in [0.25, 0.3) is 10.9 Å². The third-order valence-corrected chi connectivity index (χ3v) is 9.82. The molecule has 2 aromatic carbocycles. The minimum absolute atomic E-state index is 0.139. The van der Waals surface area contributed by atoms with Gasteiger partial charge >= 0.3 is 0 Å². The highest BCUT2D eigenvalue weighted by Gasteiger charge is 2.50. The van der Waals surface area contributed by atoms with Crippen molar-refractivity contribution in [3.8, 4) is 5.75 Å². The molecule has 0 radical (unpaired) electrons. The fourth-order valence-electron chi connectivity index (χ4n) is 5.51. The molecular formula is C35H45N5O6S2. The van der Waals surface area contributed by atoms with E-state index in [0.717, 1.165) is 10.9 Å². The summed E-state index contributed by atoms with van der Waals surface area (Å²) in [6.07, 6.45) is 1.92. The van der Waals surface area contributed by atoms with E-state index in [1.807, 2.05) is 89.2 Å². The molecule has 0 unspecified atom stereocenters. The Morgan fingerprint density at radius 2 is 1.77 bits per heavy atom. The minimum Gasteiger partial charge on any atom is -0.481 e. The number of aromatic nitrogens is 1. The Morgan fingerprint density at radius 3 is 2.46 bits per heavy atom. The Hall–Kier alpha value is -3.81. The number of aliphatic hydroxyl groups is 1. The second-order valence-corrected chi connectivity index (χ2v) is 15.8. The van der Waals surface area contributed by atoms with Crippen LogP contribution < -0.4 is 20.7 Å². The summed E-state index contributed by atoms with van der Waals surface area (Å²) in [6.45, 7) is 9.03. The molecule has 2 heterocycles. The Balaban J connectivity index is 1.50. The van der Waals surface area contributed by atoms with E-state index >= 15 is 0 Å². The lowest BCUT2D eigenvalue weighted by Crippen LogP contribution is -2.61. The quantitative estimate of drug-likeness (QED) is 0.212. The van der Waals surface area contributed by atoms with E-state index in [1.165, 1.54) is 28.4 Å². The molecule has 4 N–H and O–H groups in total. The molecular weight excluding hydrogens is 651 g/mol. The largest absolute Gasteiger partial charge is 0.481 e. The molecule has 1 fully saturated rings. The van der Waals surface area contributed by atoms with Crippen molar-refractivity contribution in [2.75, 3.05) is 24.5 Å². The summed E-state index contributed by atoms with van der Waals surface area (Å²) in [7, 11) is 0. The van der Waals surface area contributed by atoms with Crippen molar-refractivity contribution in [3.05, 3.63) is 72.4 Å². The van der Waals surface area contributed by atoms with Crippen LogP contribution in [0.15, 0.2) is 66.9 Å². The molecule has 1 aromatic heterocycles. The van der Waals surface area contributed by atoms with Crippen molar-refractivity contribution in [1.29, 1.82) is 0 Å². The maximum absolute atomic E-state index is 13.9. The van der Waals surface area contributed by atoms with Gasteiger partial charge in [-0.05, 0) is 65.0 Å². The van der Waals surface area contributed by atoms with Crippen LogP contribution in [0.5, 0.6) is 5.75 Å². The SMILES string of the molecule is CSC[C@H](NC(=O)COc1cccc2cccnc12)C(=O)N[C@@H](Cc1ccccc1)[C@H](O)C(=O)N1CSC(C)(C)[C@H]1C(=O)NC(C)(C)C. The van der Waals surface area contributed by atoms with Gasteiger partial charge < -0.3 is 30.7 Å². The lowest BCUT2D eigenvalue weighted by Gasteiger charge is -2.35. The molecule has 13 heteroatoms. The summed E-state index contributed by atoms with van der Waals surface area (Å²) >= 11 is 2.81. The summed E-state index contributed by atoms with van der Waals surface area (Å²) < 4.78 is 5.15. The molecule has 4 atom stereocenters. The fraction of sp³-hybridized carbons (Fsp3) is 0.457. The zero-order valence-corrected chi connectivity index (χ0v) is 29.8. The van der Waals surface area contributed by atoms with Gasteiger partial charge in [0, 0.05) is 27.6 Å². The maximum atomic E-state index is 13.9. The third-order valence-electron chi connectivity index (χ3n) is 7.78. The van der Waals surface area contributed by atoms with Crippen LogP contribution in [0, 0.1) is 0 Å². The summed E-state index contributed by atoms with van der Waals surface area (Å²) in [4.78, 5) is 59.8. The van der Waals surface area contributed by atoms with Gasteiger partial charge in [-0.25, -0.2) is 0 Å². The van der Waals surface area contributed by atoms with Crippen LogP contribution in [0.3, 0.4) is 0 Å². The number of pyridine rings is 1. The van der Waals surface area contributed by atoms with Crippen LogP contribution in [0.1, 0.15) is 40.2 Å². The number of hydrogen-bond acceptors (Lipinski definition) is 9. The van der Waals surface area contributed by atoms with Gasteiger partial charge in [0.1, 0.15) is 23.3 Å². The first-order chi connectivity index (χ1) is 22.7. The number of benzene rings is 2. The molecule has 11 nitrogen and oxygen atoms in total. The molecule has 48 heavy (non-hydrogen) atoms. The molecule has 1 aliphatic rings. The van der Waals surface area contributed by atoms with Crippen molar-refractivity contribution in [1.82, 2.24) is 25.8 Å². The molecule has 4 amide bonds. The lowest BCUT2D eigenvalue weighted by atomic mass is 9.96. The van der Waals surface area contributed by atoms with E-state index in [9.17, 15) is 24.3 Å². The molecule has 1 saturated heterocycles. The van der Waals surface area contributed by atoms with Crippen molar-refractivity contribution in [3.63, 3.8) is 0 Å². The predicted molar refractivity (Wildman–Crippen MR) is 191 cm³/mol. The molecule has 0 saturated carbocycles. The Labute approximate surface area is 290 Å². The first-order valence-corrected chi connectivity index (χ1v) is 18.1. The summed E-state index contributed by atoms with van der Waals surface area (Å²) in [5, 5.41) is 21.0. The van der Waals surface area contributed by atoms with Crippen LogP contribution in [0.4, 0.5) is 0 Å². The summed E-state index contributed by atoms with van der Waals surface area (Å²) in [5.74, 6) is -1.17. The third kappa shape index (κ3) is 9.64. The van der Waals surface area contributed by atoms with E-state index in [4.69, 9.17) is 4.74 Å². The highest BCUT2D eigenvalue weighted by molar-refractivity contribution is 8.00. The number of aliphatic hydroxyl groups excluding tert-OH is 1. The number of para-hydroxylation sites is 1. The number of thioether (sulfide) groups is 2. The molecule has 1 aliphatic heterocycles. The van der Waals surface area contributed by atoms with Crippen LogP contribution in [-0.2, 0) is 25.6 Å². The van der Waals surface area contributed by atoms with E-state index in [1.54, 1.807) is 18.5 Å². The van der Waals surface area contributed by atoms with Gasteiger partial charge in [0.2, 0.25) is 11.8 Å². The smallest absolute Gasteiger partial charge is 0.258 e. The first kappa shape index (κ1) is 37.0. The van der Waals surface area contributed by atoms with Gasteiger partial charge in [-0.3, -0.25) is 24.2 Å². The highest BCUT2D eigenvalue weighted by atomic mass is 32.2. The van der Waals surface area contributed by atoms with E-state index in [0.29, 0.717) is 11.3 Å². The average molecular weight is 696 g/mol. The van der Waals surface area contributed by atoms with Crippen LogP contribution >= 0.6 is 23.5 Å². The lowest BCUT2D eigenvalue weighted by molar-refractivity contribution is -0.148. The van der Waals surface area contributed by atoms with Gasteiger partial charge in [0.15, 0.2) is 12.7 Å². The summed E-state index contributed by atoms with van der Waals surface area (Å²) in [5.41, 5.74) is 0.882. The van der Waals surface area contributed by atoms with Gasteiger partial charge in [0.05, 0.1) is 11.9 Å². The van der Waals surface area contributed by atoms with Crippen molar-refractivity contribution >= 4 is 58.1 Å². The van der Waals surface area contributed by atoms with Crippen molar-refractivity contribution < 1.29 is 29.0 Å². The monoisotopic (exact) mass is 695 g/mol. The second-order valence-electron chi connectivity index (χ2n) is 13.3. The number of fused-ring (bicyclic) bond motifs is 1. The van der Waals surface area contributed by atoms with E-state index in [-0.39, 0.29) is 30.6 Å². The number of nitrogens with zero attached hydrogens (tertiary/aromatic N) is 2. The first-order valence-electron chi connectivity index (χ1n) is 15.7. The topological polar surface area (TPSA) is 150 Å². The highest BCUT2D eigenvalue weighted by Crippen LogP contribution is 2.40. The van der Waals surface area contributed by atoms with Crippen LogP contribution in [-0.4, -0.2) is 97.6 Å². The zero-order chi connectivity index (χ0) is 35.1. The van der Waals surface area contributed by atoms with Gasteiger partial charge in [-0.15, -0.1) is 11.8 Å². The molecule has 4 rings (SSSR count). The van der Waals surface area contributed by atoms with Gasteiger partial charge in [-0.1, -0.05) is 48.5 Å². The fourth-order valence-corrected chi connectivity index (χ4v) is 7.22. The van der Waals surface area contributed by atoms with E-state index < -0.39 is 52.2 Å². The van der Waals surface area contributed by atoms with Crippen molar-refractivity contribution in [2.24, 2.45) is 0 Å². The standard InChI is InChI=1S/C35H45N5O6S2/c1-34(2,3)39-32(44)30-35(4,5)48-21-40(30)33(45)29(42)24(18-22-12-8-7-9-13-22)38-31(43)25(20-47-6)37-27(41)19-46-26-16-10-14-23-15-11-17-36-28(23)26/h7-17,24-25,29-30,42H,18-21H2,1-6H3,(H,37,41)(H,38,43)(H,39,44)/t24-,25-,29-,30+/m0/s1. The number of amides is 4. The number of rotatable bonds is 13. The number of nitrogens with one attached hydrogen (secondary N) is 3. The summed E-state index contributed by atoms with van der Waals surface area (Å²) in [6, 6.07) is 15.4. The minimum atomic E-state index is -1.67. The predicted octanol–water partition coefficient (Wildman–Crippen LogP) is 3.14. The zero-order valence-electron chi connectivity index (χ0n) is 28.2. The molecule has 3 aromatic rings. The number of hydrogen-bond donors (Lipinski definition) is 4. The van der Waals surface area contributed by atoms with Gasteiger partial charge in [-0.2, -0.15) is 11.8 Å². The maximum Gasteiger partial charge on any atom is 0.258 e. The Morgan fingerprint density at radius 1 is 1.06 bits per heavy atom. The second kappa shape index (κ2) is 16.1. The molecule has 0 bridgehead atoms. The average Bonchev–Trinajstić information content (AvgIpc) is 3.36. The Kier molecular flexibility index (Phi) is 12.4. The normalized spacial score (nSPS) is 17.6. The molecule has 258 valence electrons. The van der Waals surface area contributed by atoms with Gasteiger partial charge in [0.25, 0.3) is 11.8 Å². The number of ether oxygens (including phenoxy) is 1. The Bertz CT molecular complexity index is 1590. The van der Waals surface area contributed by atoms with Crippen molar-refractivity contribution in [2.45, 2.75) is 75.6 Å². The molecule has 0 aliphatic carbocycles. The molecule has 0 spiro atoms.